The molecule has 0 spiro atoms. The number of halogens is 1. The van der Waals surface area contributed by atoms with Crippen LogP contribution in [-0.2, 0) is 13.6 Å². The molecule has 9 heteroatoms. The fraction of sp³-hybridized carbons (Fsp3) is 0.348. The zero-order valence-corrected chi connectivity index (χ0v) is 18.1. The third-order valence-electron chi connectivity index (χ3n) is 5.68. The van der Waals surface area contributed by atoms with E-state index in [2.05, 4.69) is 20.3 Å². The molecular formula is C23H25FN6O2. The molecular weight excluding hydrogens is 411 g/mol. The number of imidazole rings is 1. The highest BCUT2D eigenvalue weighted by molar-refractivity contribution is 5.95. The van der Waals surface area contributed by atoms with Crippen molar-refractivity contribution in [3.8, 4) is 0 Å². The Hall–Kier alpha value is -3.62. The quantitative estimate of drug-likeness (QED) is 0.664. The molecule has 4 rings (SSSR count). The minimum Gasteiger partial charge on any atom is -0.348 e. The normalized spacial score (nSPS) is 16.1. The van der Waals surface area contributed by atoms with Crippen LogP contribution in [0, 0.1) is 12.7 Å². The van der Waals surface area contributed by atoms with E-state index >= 15 is 0 Å². The Bertz CT molecular complexity index is 1130. The molecule has 1 fully saturated rings. The van der Waals surface area contributed by atoms with Gasteiger partial charge in [-0.25, -0.2) is 19.3 Å². The molecule has 0 bridgehead atoms. The lowest BCUT2D eigenvalue weighted by molar-refractivity contribution is 0.0582. The number of aryl methyl sites for hydroxylation is 2. The molecule has 8 nitrogen and oxygen atoms in total. The molecule has 1 saturated heterocycles. The lowest BCUT2D eigenvalue weighted by Gasteiger charge is -2.34. The lowest BCUT2D eigenvalue weighted by atomic mass is 10.0. The molecule has 1 aliphatic heterocycles. The number of rotatable bonds is 5. The maximum absolute atomic E-state index is 13.1. The van der Waals surface area contributed by atoms with Gasteiger partial charge in [0.2, 0.25) is 0 Å². The van der Waals surface area contributed by atoms with Gasteiger partial charge in [-0.2, -0.15) is 0 Å². The third-order valence-corrected chi connectivity index (χ3v) is 5.68. The summed E-state index contributed by atoms with van der Waals surface area (Å²) < 4.78 is 14.7. The monoisotopic (exact) mass is 436 g/mol. The summed E-state index contributed by atoms with van der Waals surface area (Å²) in [5.41, 5.74) is 1.70. The highest BCUT2D eigenvalue weighted by atomic mass is 19.1. The van der Waals surface area contributed by atoms with Crippen LogP contribution in [0.25, 0.3) is 0 Å². The van der Waals surface area contributed by atoms with Gasteiger partial charge in [0.05, 0.1) is 17.3 Å². The molecule has 1 aliphatic rings. The summed E-state index contributed by atoms with van der Waals surface area (Å²) in [7, 11) is 1.79. The number of hydrogen-bond donors (Lipinski definition) is 1. The van der Waals surface area contributed by atoms with Crippen LogP contribution in [0.2, 0.25) is 0 Å². The fourth-order valence-electron chi connectivity index (χ4n) is 3.89. The molecule has 2 amide bonds. The Morgan fingerprint density at radius 2 is 1.97 bits per heavy atom. The molecule has 0 aliphatic carbocycles. The summed E-state index contributed by atoms with van der Waals surface area (Å²) in [5.74, 6) is 0.135. The summed E-state index contributed by atoms with van der Waals surface area (Å²) in [5, 5.41) is 2.81. The number of aromatic nitrogens is 4. The summed E-state index contributed by atoms with van der Waals surface area (Å²) in [6.07, 6.45) is 7.49. The second-order valence-corrected chi connectivity index (χ2v) is 7.91. The third kappa shape index (κ3) is 4.51. The van der Waals surface area contributed by atoms with Crippen molar-refractivity contribution in [1.82, 2.24) is 29.7 Å². The predicted molar refractivity (Wildman–Crippen MR) is 115 cm³/mol. The zero-order chi connectivity index (χ0) is 22.7. The maximum Gasteiger partial charge on any atom is 0.290 e. The van der Waals surface area contributed by atoms with Crippen molar-refractivity contribution in [3.63, 3.8) is 0 Å². The second-order valence-electron chi connectivity index (χ2n) is 7.91. The standard InChI is InChI=1S/C23H25FN6O2/c1-15-18(22(31)27-13-16-6-8-17(24)9-7-16)14-26-20(28-15)19-5-3-4-11-30(19)23(32)21-25-10-12-29(21)2/h6-10,12,14,19H,3-5,11,13H2,1-2H3,(H,27,31)/t19-/m0/s1. The molecule has 1 atom stereocenters. The van der Waals surface area contributed by atoms with E-state index in [0.717, 1.165) is 24.8 Å². The van der Waals surface area contributed by atoms with Crippen LogP contribution in [0.1, 0.15) is 63.4 Å². The van der Waals surface area contributed by atoms with Crippen molar-refractivity contribution in [1.29, 1.82) is 0 Å². The fourth-order valence-corrected chi connectivity index (χ4v) is 3.89. The van der Waals surface area contributed by atoms with Gasteiger partial charge in [-0.15, -0.1) is 0 Å². The van der Waals surface area contributed by atoms with E-state index in [1.165, 1.54) is 18.3 Å². The second kappa shape index (κ2) is 9.25. The first-order valence-electron chi connectivity index (χ1n) is 10.6. The topological polar surface area (TPSA) is 93.0 Å². The molecule has 1 N–H and O–H groups in total. The van der Waals surface area contributed by atoms with Crippen molar-refractivity contribution >= 4 is 11.8 Å². The zero-order valence-electron chi connectivity index (χ0n) is 18.1. The summed E-state index contributed by atoms with van der Waals surface area (Å²) in [6.45, 7) is 2.64. The van der Waals surface area contributed by atoms with Crippen LogP contribution < -0.4 is 5.32 Å². The van der Waals surface area contributed by atoms with Gasteiger partial charge < -0.3 is 14.8 Å². The van der Waals surface area contributed by atoms with Crippen molar-refractivity contribution in [2.45, 2.75) is 38.8 Å². The smallest absolute Gasteiger partial charge is 0.290 e. The molecule has 0 saturated carbocycles. The Morgan fingerprint density at radius 3 is 2.66 bits per heavy atom. The summed E-state index contributed by atoms with van der Waals surface area (Å²) in [4.78, 5) is 40.7. The van der Waals surface area contributed by atoms with Crippen molar-refractivity contribution in [2.24, 2.45) is 7.05 Å². The first-order chi connectivity index (χ1) is 15.4. The average Bonchev–Trinajstić information content (AvgIpc) is 3.23. The van der Waals surface area contributed by atoms with E-state index in [4.69, 9.17) is 0 Å². The molecule has 32 heavy (non-hydrogen) atoms. The van der Waals surface area contributed by atoms with Crippen molar-refractivity contribution < 1.29 is 14.0 Å². The highest BCUT2D eigenvalue weighted by Crippen LogP contribution is 2.30. The molecule has 0 radical (unpaired) electrons. The number of piperidine rings is 1. The van der Waals surface area contributed by atoms with Crippen molar-refractivity contribution in [3.05, 3.63) is 77.1 Å². The van der Waals surface area contributed by atoms with Crippen LogP contribution in [-0.4, -0.2) is 42.8 Å². The SMILES string of the molecule is Cc1nc([C@@H]2CCCCN2C(=O)c2nccn2C)ncc1C(=O)NCc1ccc(F)cc1. The first-order valence-corrected chi connectivity index (χ1v) is 10.6. The van der Waals surface area contributed by atoms with Crippen LogP contribution in [0.4, 0.5) is 4.39 Å². The van der Waals surface area contributed by atoms with E-state index < -0.39 is 0 Å². The van der Waals surface area contributed by atoms with Crippen LogP contribution in [0.3, 0.4) is 0 Å². The summed E-state index contributed by atoms with van der Waals surface area (Å²) >= 11 is 0. The van der Waals surface area contributed by atoms with E-state index in [0.29, 0.717) is 29.5 Å². The number of nitrogens with one attached hydrogen (secondary N) is 1. The predicted octanol–water partition coefficient (Wildman–Crippen LogP) is 2.96. The Labute approximate surface area is 185 Å². The average molecular weight is 436 g/mol. The molecule has 166 valence electrons. The van der Waals surface area contributed by atoms with Crippen LogP contribution in [0.15, 0.2) is 42.9 Å². The van der Waals surface area contributed by atoms with E-state index in [1.807, 2.05) is 0 Å². The number of amides is 2. The van der Waals surface area contributed by atoms with Gasteiger partial charge in [0.25, 0.3) is 11.8 Å². The number of carbonyl (C=O) groups is 2. The summed E-state index contributed by atoms with van der Waals surface area (Å²) in [6, 6.07) is 5.69. The molecule has 3 heterocycles. The molecule has 0 unspecified atom stereocenters. The van der Waals surface area contributed by atoms with Gasteiger partial charge in [0, 0.05) is 38.7 Å². The Kier molecular flexibility index (Phi) is 6.25. The number of carbonyl (C=O) groups excluding carboxylic acids is 2. The first kappa shape index (κ1) is 21.6. The minimum atomic E-state index is -0.321. The van der Waals surface area contributed by atoms with E-state index in [9.17, 15) is 14.0 Å². The lowest BCUT2D eigenvalue weighted by Crippen LogP contribution is -2.40. The molecule has 1 aromatic carbocycles. The number of likely N-dealkylation sites (tertiary alicyclic amines) is 1. The Morgan fingerprint density at radius 1 is 1.19 bits per heavy atom. The number of hydrogen-bond acceptors (Lipinski definition) is 5. The molecule has 2 aromatic heterocycles. The molecule has 3 aromatic rings. The van der Waals surface area contributed by atoms with Gasteiger partial charge in [-0.1, -0.05) is 12.1 Å². The van der Waals surface area contributed by atoms with E-state index in [1.54, 1.807) is 48.0 Å². The maximum atomic E-state index is 13.1. The van der Waals surface area contributed by atoms with Gasteiger partial charge >= 0.3 is 0 Å². The van der Waals surface area contributed by atoms with Gasteiger partial charge in [0.15, 0.2) is 11.6 Å². The van der Waals surface area contributed by atoms with E-state index in [-0.39, 0.29) is 30.2 Å². The van der Waals surface area contributed by atoms with Crippen LogP contribution in [0.5, 0.6) is 0 Å². The van der Waals surface area contributed by atoms with Gasteiger partial charge in [-0.05, 0) is 43.9 Å². The number of nitrogens with zero attached hydrogens (tertiary/aromatic N) is 5. The van der Waals surface area contributed by atoms with Crippen molar-refractivity contribution in [2.75, 3.05) is 6.54 Å². The van der Waals surface area contributed by atoms with Gasteiger partial charge in [-0.3, -0.25) is 9.59 Å². The highest BCUT2D eigenvalue weighted by Gasteiger charge is 2.32. The Balaban J connectivity index is 1.49. The largest absolute Gasteiger partial charge is 0.348 e. The van der Waals surface area contributed by atoms with Gasteiger partial charge in [0.1, 0.15) is 5.82 Å². The van der Waals surface area contributed by atoms with Crippen LogP contribution >= 0.6 is 0 Å². The minimum absolute atomic E-state index is 0.149. The number of benzene rings is 1.